The van der Waals surface area contributed by atoms with Crippen molar-refractivity contribution in [3.05, 3.63) is 41.7 Å². The Balaban J connectivity index is 0.00000112. The average Bonchev–Trinajstić information content (AvgIpc) is 2.81. The second-order valence-electron chi connectivity index (χ2n) is 7.34. The van der Waals surface area contributed by atoms with E-state index in [4.69, 9.17) is 44.8 Å². The van der Waals surface area contributed by atoms with Gasteiger partial charge in [0.25, 0.3) is 5.91 Å². The van der Waals surface area contributed by atoms with Gasteiger partial charge < -0.3 is 31.9 Å². The number of aliphatic carboxylic acids is 2. The number of anilines is 3. The molecule has 2 aromatic heterocycles. The van der Waals surface area contributed by atoms with E-state index in [1.54, 1.807) is 18.3 Å². The summed E-state index contributed by atoms with van der Waals surface area (Å²) in [4.78, 5) is 52.7. The molecule has 0 aliphatic rings. The van der Waals surface area contributed by atoms with Crippen molar-refractivity contribution in [2.75, 3.05) is 23.4 Å². The number of nitrogens with zero attached hydrogens (tertiary/aromatic N) is 5. The summed E-state index contributed by atoms with van der Waals surface area (Å²) in [5.41, 5.74) is 13.7. The number of nitrogens with one attached hydrogen (secondary N) is 1. The maximum atomic E-state index is 12.4. The Hall–Kier alpha value is -2.99. The van der Waals surface area contributed by atoms with Gasteiger partial charge >= 0.3 is 54.4 Å². The molecule has 0 fully saturated rings. The maximum absolute atomic E-state index is 12.4. The molecule has 1 unspecified atom stereocenters. The minimum atomic E-state index is -1.85. The van der Waals surface area contributed by atoms with Crippen LogP contribution in [0.1, 0.15) is 28.9 Å². The summed E-state index contributed by atoms with van der Waals surface area (Å²) in [7, 11) is 16.7. The first kappa shape index (κ1) is 30.2. The van der Waals surface area contributed by atoms with E-state index in [9.17, 15) is 19.5 Å². The van der Waals surface area contributed by atoms with Crippen molar-refractivity contribution >= 4 is 74.7 Å². The molecule has 37 heavy (non-hydrogen) atoms. The number of carboxylic acids is 2. The van der Waals surface area contributed by atoms with E-state index < -0.39 is 38.1 Å². The molecule has 3 aromatic rings. The van der Waals surface area contributed by atoms with Crippen molar-refractivity contribution in [3.8, 4) is 0 Å². The quantitative estimate of drug-likeness (QED) is 0.213. The van der Waals surface area contributed by atoms with Crippen molar-refractivity contribution in [2.45, 2.75) is 25.4 Å². The van der Waals surface area contributed by atoms with Gasteiger partial charge in [-0.2, -0.15) is 9.97 Å². The zero-order chi connectivity index (χ0) is 27.7. The molecule has 3 rings (SSSR count). The Morgan fingerprint density at radius 2 is 1.70 bits per heavy atom. The van der Waals surface area contributed by atoms with Crippen LogP contribution < -0.4 is 21.7 Å². The summed E-state index contributed by atoms with van der Waals surface area (Å²) >= 11 is -1.85. The number of carboxylic acid groups (broad SMARTS) is 2. The molecule has 0 spiro atoms. The first-order chi connectivity index (χ1) is 17.4. The van der Waals surface area contributed by atoms with Crippen LogP contribution in [0.3, 0.4) is 0 Å². The Morgan fingerprint density at radius 1 is 1.08 bits per heavy atom. The number of aromatic nitrogens is 4. The fraction of sp³-hybridized carbons (Fsp3) is 0.250. The molecule has 7 N–H and O–H groups in total. The molecule has 0 aliphatic carbocycles. The van der Waals surface area contributed by atoms with Crippen LogP contribution in [0.2, 0.25) is 0 Å². The zero-order valence-corrected chi connectivity index (χ0v) is 23.6. The number of hydrogen-bond donors (Lipinski definition) is 5. The Labute approximate surface area is 228 Å². The molecule has 0 radical (unpaired) electrons. The van der Waals surface area contributed by atoms with Crippen LogP contribution >= 0.6 is 28.3 Å². The van der Waals surface area contributed by atoms with E-state index in [1.807, 2.05) is 11.9 Å². The number of amides is 1. The SMILES string of the molecule is CN(Cc1cnc2nc(N)nc(N)c2n1)c1ccc(C(=O)NC(CCC(=O)O)C(=O)O)cc1.[Cl][Pt]([Cl])[Cl]. The number of hydrogen-bond acceptors (Lipinski definition) is 10. The van der Waals surface area contributed by atoms with Crippen LogP contribution in [-0.4, -0.2) is 61.1 Å². The number of rotatable bonds is 9. The number of nitrogens with two attached hydrogens (primary N) is 2. The Morgan fingerprint density at radius 3 is 2.27 bits per heavy atom. The third-order valence-electron chi connectivity index (χ3n) is 4.72. The molecule has 1 atom stereocenters. The molecule has 1 amide bonds. The molecule has 0 aliphatic heterocycles. The number of fused-ring (bicyclic) bond motifs is 1. The van der Waals surface area contributed by atoms with E-state index >= 15 is 0 Å². The Kier molecular flexibility index (Phi) is 11.5. The average molecular weight is 756 g/mol. The zero-order valence-electron chi connectivity index (χ0n) is 19.0. The van der Waals surface area contributed by atoms with Gasteiger partial charge in [-0.05, 0) is 30.7 Å². The summed E-state index contributed by atoms with van der Waals surface area (Å²) < 4.78 is 0. The van der Waals surface area contributed by atoms with Crippen LogP contribution in [0.15, 0.2) is 30.5 Å². The van der Waals surface area contributed by atoms with Gasteiger partial charge in [0, 0.05) is 24.7 Å². The first-order valence-corrected chi connectivity index (χ1v) is 18.6. The van der Waals surface area contributed by atoms with E-state index in [1.165, 1.54) is 12.1 Å². The molecule has 0 saturated carbocycles. The molecule has 0 bridgehead atoms. The molecular weight excluding hydrogens is 734 g/mol. The number of carbonyl (C=O) groups is 3. The predicted molar refractivity (Wildman–Crippen MR) is 136 cm³/mol. The summed E-state index contributed by atoms with van der Waals surface area (Å²) in [5.74, 6) is -2.91. The molecule has 2 heterocycles. The van der Waals surface area contributed by atoms with Gasteiger partial charge in [-0.3, -0.25) is 9.59 Å². The van der Waals surface area contributed by atoms with Gasteiger partial charge in [0.1, 0.15) is 6.04 Å². The van der Waals surface area contributed by atoms with Crippen molar-refractivity contribution < 1.29 is 38.8 Å². The van der Waals surface area contributed by atoms with Gasteiger partial charge in [0.15, 0.2) is 17.0 Å². The summed E-state index contributed by atoms with van der Waals surface area (Å²) in [5, 5.41) is 20.2. The fourth-order valence-electron chi connectivity index (χ4n) is 3.03. The Bertz CT molecular complexity index is 1270. The molecule has 13 nitrogen and oxygen atoms in total. The summed E-state index contributed by atoms with van der Waals surface area (Å²) in [6.07, 6.45) is 0.964. The number of benzene rings is 1. The van der Waals surface area contributed by atoms with Crippen LogP contribution in [0, 0.1) is 0 Å². The van der Waals surface area contributed by atoms with Crippen molar-refractivity contribution in [2.24, 2.45) is 0 Å². The van der Waals surface area contributed by atoms with Crippen LogP contribution in [0.4, 0.5) is 17.5 Å². The van der Waals surface area contributed by atoms with E-state index in [0.29, 0.717) is 23.4 Å². The molecule has 0 saturated heterocycles. The number of halogens is 3. The van der Waals surface area contributed by atoms with Crippen LogP contribution in [0.25, 0.3) is 11.2 Å². The van der Waals surface area contributed by atoms with Crippen molar-refractivity contribution in [1.82, 2.24) is 25.3 Å². The second kappa shape index (κ2) is 14.1. The van der Waals surface area contributed by atoms with Gasteiger partial charge in [-0.15, -0.1) is 0 Å². The van der Waals surface area contributed by atoms with E-state index in [-0.39, 0.29) is 30.2 Å². The molecular formula is C20H22Cl3N8O5Pt. The van der Waals surface area contributed by atoms with E-state index in [0.717, 1.165) is 5.69 Å². The topological polar surface area (TPSA) is 211 Å². The third kappa shape index (κ3) is 9.77. The van der Waals surface area contributed by atoms with E-state index in [2.05, 4.69) is 25.3 Å². The standard InChI is InChI=1S/C20H22N8O5.3ClH.Pt/c1-28(9-11-8-23-17-15(24-11)16(21)26-20(22)27-17)12-4-2-10(3-5-12)18(31)25-13(19(32)33)6-7-14(29)30;;;;/h2-5,8,13H,6-7,9H2,1H3,(H,25,31)(H,29,30)(H,32,33)(H4,21,22,23,26,27);3*1H;/q;;;;+3/p-3. The number of nitrogen functional groups attached to an aromatic ring is 2. The van der Waals surface area contributed by atoms with Crippen LogP contribution in [0.5, 0.6) is 0 Å². The normalized spacial score (nSPS) is 11.6. The summed E-state index contributed by atoms with van der Waals surface area (Å²) in [6.45, 7) is 0.370. The van der Waals surface area contributed by atoms with Crippen molar-refractivity contribution in [1.29, 1.82) is 0 Å². The second-order valence-corrected chi connectivity index (χ2v) is 17.2. The minimum absolute atomic E-state index is 0.0138. The van der Waals surface area contributed by atoms with Gasteiger partial charge in [0.2, 0.25) is 5.95 Å². The predicted octanol–water partition coefficient (Wildman–Crippen LogP) is 2.33. The first-order valence-electron chi connectivity index (χ1n) is 10.1. The molecule has 203 valence electrons. The van der Waals surface area contributed by atoms with Gasteiger partial charge in [0.05, 0.1) is 18.4 Å². The van der Waals surface area contributed by atoms with Crippen LogP contribution in [-0.2, 0) is 30.3 Å². The van der Waals surface area contributed by atoms with Crippen molar-refractivity contribution in [3.63, 3.8) is 0 Å². The third-order valence-corrected chi connectivity index (χ3v) is 4.72. The summed E-state index contributed by atoms with van der Waals surface area (Å²) in [6, 6.07) is 5.16. The fourth-order valence-corrected chi connectivity index (χ4v) is 3.03. The van der Waals surface area contributed by atoms with Gasteiger partial charge in [-0.25, -0.2) is 14.8 Å². The molecule has 1 aromatic carbocycles. The van der Waals surface area contributed by atoms with Gasteiger partial charge in [-0.1, -0.05) is 0 Å². The monoisotopic (exact) mass is 754 g/mol. The number of carbonyl (C=O) groups excluding carboxylic acids is 1. The molecule has 17 heteroatoms.